The first kappa shape index (κ1) is 36.0. The van der Waals surface area contributed by atoms with Gasteiger partial charge in [0.2, 0.25) is 0 Å². The maximum atomic E-state index is 12.8. The van der Waals surface area contributed by atoms with Gasteiger partial charge in [-0.25, -0.2) is 14.3 Å². The number of amides is 1. The van der Waals surface area contributed by atoms with Crippen molar-refractivity contribution in [1.82, 2.24) is 20.3 Å². The van der Waals surface area contributed by atoms with E-state index in [1.807, 2.05) is 48.7 Å². The minimum Gasteiger partial charge on any atom is -0.471 e. The van der Waals surface area contributed by atoms with Gasteiger partial charge in [0.05, 0.1) is 6.20 Å². The Morgan fingerprint density at radius 1 is 0.932 bits per heavy atom. The molecule has 1 amide bonds. The molecule has 16 heteroatoms. The van der Waals surface area contributed by atoms with Crippen LogP contribution >= 0.6 is 0 Å². The predicted molar refractivity (Wildman–Crippen MR) is 153 cm³/mol. The molecule has 0 radical (unpaired) electrons. The Kier molecular flexibility index (Phi) is 11.9. The Bertz CT molecular complexity index is 1480. The summed E-state index contributed by atoms with van der Waals surface area (Å²) in [6.07, 6.45) is 1.37. The number of rotatable bonds is 8. The van der Waals surface area contributed by atoms with Crippen LogP contribution in [0.25, 0.3) is 11.3 Å². The van der Waals surface area contributed by atoms with Crippen molar-refractivity contribution < 1.29 is 49.9 Å². The van der Waals surface area contributed by atoms with E-state index in [0.29, 0.717) is 5.75 Å². The van der Waals surface area contributed by atoms with Gasteiger partial charge in [-0.05, 0) is 59.2 Å². The Morgan fingerprint density at radius 2 is 1.48 bits per heavy atom. The molecule has 1 atom stereocenters. The first-order valence-corrected chi connectivity index (χ1v) is 14.5. The highest BCUT2D eigenvalue weighted by Gasteiger charge is 2.44. The lowest BCUT2D eigenvalue weighted by Crippen LogP contribution is -2.47. The molecule has 0 fully saturated rings. The first-order valence-electron chi connectivity index (χ1n) is 13.1. The molecule has 3 aromatic rings. The van der Waals surface area contributed by atoms with Crippen LogP contribution in [0.1, 0.15) is 47.1 Å². The van der Waals surface area contributed by atoms with Crippen LogP contribution in [-0.2, 0) is 37.5 Å². The third-order valence-corrected chi connectivity index (χ3v) is 5.59. The highest BCUT2D eigenvalue weighted by molar-refractivity contribution is 7.86. The summed E-state index contributed by atoms with van der Waals surface area (Å²) >= 11 is 0. The molecule has 0 unspecified atom stereocenters. The lowest BCUT2D eigenvalue weighted by atomic mass is 10.1. The number of alkyl halides is 3. The Morgan fingerprint density at radius 3 is 1.98 bits per heavy atom. The zero-order valence-electron chi connectivity index (χ0n) is 25.0. The van der Waals surface area contributed by atoms with Gasteiger partial charge >= 0.3 is 27.7 Å². The molecular formula is C28H35F3N4O8S. The van der Waals surface area contributed by atoms with Crippen LogP contribution in [0, 0.1) is 0 Å². The minimum atomic E-state index is -5.84. The minimum absolute atomic E-state index is 0.194. The molecule has 2 N–H and O–H groups in total. The molecule has 44 heavy (non-hydrogen) atoms. The van der Waals surface area contributed by atoms with Crippen molar-refractivity contribution in [3.63, 3.8) is 0 Å². The van der Waals surface area contributed by atoms with Gasteiger partial charge in [-0.1, -0.05) is 47.7 Å². The molecule has 0 aliphatic heterocycles. The van der Waals surface area contributed by atoms with Crippen LogP contribution in [0.5, 0.6) is 5.75 Å². The number of carbonyl (C=O) groups excluding carboxylic acids is 2. The van der Waals surface area contributed by atoms with Crippen molar-refractivity contribution in [2.24, 2.45) is 0 Å². The van der Waals surface area contributed by atoms with E-state index in [-0.39, 0.29) is 13.2 Å². The number of hydrogen-bond acceptors (Lipinski definition) is 9. The number of hydrogen-bond donors (Lipinski definition) is 2. The van der Waals surface area contributed by atoms with Gasteiger partial charge in [0.15, 0.2) is 6.73 Å². The van der Waals surface area contributed by atoms with Crippen LogP contribution in [0.15, 0.2) is 60.8 Å². The molecule has 0 aliphatic rings. The largest absolute Gasteiger partial charge is 0.522 e. The van der Waals surface area contributed by atoms with Gasteiger partial charge in [0, 0.05) is 12.0 Å². The number of halogens is 3. The van der Waals surface area contributed by atoms with Crippen LogP contribution in [0.2, 0.25) is 0 Å². The lowest BCUT2D eigenvalue weighted by molar-refractivity contribution is -0.157. The van der Waals surface area contributed by atoms with E-state index in [4.69, 9.17) is 27.2 Å². The fourth-order valence-corrected chi connectivity index (χ4v) is 3.22. The number of benzene rings is 2. The summed E-state index contributed by atoms with van der Waals surface area (Å²) in [5, 5.41) is 10.9. The fraction of sp³-hybridized carbons (Fsp3) is 0.429. The van der Waals surface area contributed by atoms with E-state index in [1.54, 1.807) is 58.4 Å². The van der Waals surface area contributed by atoms with Crippen molar-refractivity contribution in [2.45, 2.75) is 77.4 Å². The summed E-state index contributed by atoms with van der Waals surface area (Å²) in [6.45, 7) is 10.8. The molecule has 12 nitrogen and oxygen atoms in total. The molecule has 0 aliphatic carbocycles. The standard InChI is InChI=1S/C27H34N4O5.CHF3O3S/c1-26(2,3)35-24(32)22(28-25(33)36-27(4,5)6)16-19-12-14-21(15-13-19)34-18-31-17-23(29-30-31)20-10-8-7-9-11-20;2-1(3,4)8(5,6)7/h7-15,17,22H,16,18H2,1-6H3,(H,28,33);(H,5,6,7)/t22-;/m0./s1. The number of carbonyl (C=O) groups is 2. The van der Waals surface area contributed by atoms with Gasteiger partial charge in [0.1, 0.15) is 28.7 Å². The number of nitrogens with zero attached hydrogens (tertiary/aromatic N) is 3. The van der Waals surface area contributed by atoms with Crippen molar-refractivity contribution in [2.75, 3.05) is 0 Å². The quantitative estimate of drug-likeness (QED) is 0.191. The second-order valence-electron chi connectivity index (χ2n) is 11.3. The molecule has 0 saturated heterocycles. The predicted octanol–water partition coefficient (Wildman–Crippen LogP) is 5.15. The van der Waals surface area contributed by atoms with E-state index in [1.165, 1.54) is 0 Å². The maximum absolute atomic E-state index is 12.8. The van der Waals surface area contributed by atoms with Gasteiger partial charge in [-0.3, -0.25) is 4.55 Å². The fourth-order valence-electron chi connectivity index (χ4n) is 3.22. The summed E-state index contributed by atoms with van der Waals surface area (Å²) in [4.78, 5) is 25.1. The monoisotopic (exact) mass is 644 g/mol. The lowest BCUT2D eigenvalue weighted by Gasteiger charge is -2.26. The maximum Gasteiger partial charge on any atom is 0.522 e. The van der Waals surface area contributed by atoms with Crippen LogP contribution < -0.4 is 10.1 Å². The zero-order valence-corrected chi connectivity index (χ0v) is 25.8. The second-order valence-corrected chi connectivity index (χ2v) is 12.7. The topological polar surface area (TPSA) is 159 Å². The average molecular weight is 645 g/mol. The second kappa shape index (κ2) is 14.5. The molecule has 0 bridgehead atoms. The van der Waals surface area contributed by atoms with E-state index in [2.05, 4.69) is 15.6 Å². The summed E-state index contributed by atoms with van der Waals surface area (Å²) < 4.78 is 75.8. The summed E-state index contributed by atoms with van der Waals surface area (Å²) in [5.41, 5.74) is -4.35. The number of nitrogens with one attached hydrogen (secondary N) is 1. The third kappa shape index (κ3) is 13.0. The highest BCUT2D eigenvalue weighted by atomic mass is 32.2. The van der Waals surface area contributed by atoms with Gasteiger partial charge < -0.3 is 19.5 Å². The Labute approximate surface area is 253 Å². The molecule has 3 rings (SSSR count). The normalized spacial score (nSPS) is 12.8. The molecule has 1 heterocycles. The van der Waals surface area contributed by atoms with E-state index in [9.17, 15) is 22.8 Å². The van der Waals surface area contributed by atoms with Crippen molar-refractivity contribution in [1.29, 1.82) is 0 Å². The Hall–Kier alpha value is -4.18. The van der Waals surface area contributed by atoms with Crippen LogP contribution in [0.3, 0.4) is 0 Å². The van der Waals surface area contributed by atoms with Gasteiger partial charge in [-0.15, -0.1) is 5.10 Å². The van der Waals surface area contributed by atoms with E-state index < -0.39 is 44.9 Å². The number of alkyl carbamates (subject to hydrolysis) is 1. The Balaban J connectivity index is 0.000000742. The van der Waals surface area contributed by atoms with Crippen molar-refractivity contribution >= 4 is 22.2 Å². The van der Waals surface area contributed by atoms with E-state index in [0.717, 1.165) is 16.8 Å². The summed E-state index contributed by atoms with van der Waals surface area (Å²) in [7, 11) is -5.84. The molecule has 1 aromatic heterocycles. The number of aromatic nitrogens is 3. The average Bonchev–Trinajstić information content (AvgIpc) is 3.35. The van der Waals surface area contributed by atoms with Crippen molar-refractivity contribution in [3.8, 4) is 17.0 Å². The molecule has 2 aromatic carbocycles. The highest BCUT2D eigenvalue weighted by Crippen LogP contribution is 2.21. The molecule has 0 saturated carbocycles. The first-order chi connectivity index (χ1) is 20.1. The van der Waals surface area contributed by atoms with E-state index >= 15 is 0 Å². The van der Waals surface area contributed by atoms with Crippen LogP contribution in [-0.4, -0.2) is 62.8 Å². The van der Waals surface area contributed by atoms with Gasteiger partial charge in [-0.2, -0.15) is 21.6 Å². The summed E-state index contributed by atoms with van der Waals surface area (Å²) in [5.74, 6) is 0.0959. The van der Waals surface area contributed by atoms with Crippen LogP contribution in [0.4, 0.5) is 18.0 Å². The number of esters is 1. The SMILES string of the molecule is CC(C)(C)OC(=O)N[C@@H](Cc1ccc(OCn2cc(-c3ccccc3)nn2)cc1)C(=O)OC(C)(C)C.O=S(=O)(O)C(F)(F)F. The molecular weight excluding hydrogens is 609 g/mol. The van der Waals surface area contributed by atoms with Gasteiger partial charge in [0.25, 0.3) is 0 Å². The molecule has 0 spiro atoms. The number of ether oxygens (including phenoxy) is 3. The third-order valence-electron chi connectivity index (χ3n) is 5.01. The van der Waals surface area contributed by atoms with Crippen molar-refractivity contribution in [3.05, 3.63) is 66.4 Å². The smallest absolute Gasteiger partial charge is 0.471 e. The zero-order chi connectivity index (χ0) is 33.3. The molecule has 242 valence electrons. The summed E-state index contributed by atoms with van der Waals surface area (Å²) in [6, 6.07) is 16.1.